The zero-order valence-corrected chi connectivity index (χ0v) is 19.2. The van der Waals surface area contributed by atoms with Crippen molar-refractivity contribution in [3.05, 3.63) is 29.3 Å². The van der Waals surface area contributed by atoms with Gasteiger partial charge in [0.2, 0.25) is 15.9 Å². The van der Waals surface area contributed by atoms with E-state index in [4.69, 9.17) is 0 Å². The van der Waals surface area contributed by atoms with Crippen molar-refractivity contribution in [2.75, 3.05) is 13.1 Å². The fourth-order valence-electron chi connectivity index (χ4n) is 4.04. The highest BCUT2D eigenvalue weighted by atomic mass is 32.2. The summed E-state index contributed by atoms with van der Waals surface area (Å²) < 4.78 is 31.3. The monoisotopic (exact) mass is 436 g/mol. The number of sulfonamides is 1. The molecule has 2 aromatic rings. The van der Waals surface area contributed by atoms with Crippen LogP contribution in [0.25, 0.3) is 0 Å². The average Bonchev–Trinajstić information content (AvgIpc) is 3.30. The maximum absolute atomic E-state index is 13.2. The summed E-state index contributed by atoms with van der Waals surface area (Å²) in [4.78, 5) is 13.1. The van der Waals surface area contributed by atoms with Crippen molar-refractivity contribution in [3.63, 3.8) is 0 Å². The van der Waals surface area contributed by atoms with Crippen molar-refractivity contribution in [3.8, 4) is 0 Å². The van der Waals surface area contributed by atoms with Gasteiger partial charge in [0.25, 0.3) is 0 Å². The smallest absolute Gasteiger partial charge is 0.246 e. The zero-order chi connectivity index (χ0) is 22.1. The first kappa shape index (κ1) is 22.5. The number of piperidine rings is 1. The molecule has 166 valence electrons. The minimum atomic E-state index is -3.68. The van der Waals surface area contributed by atoms with Gasteiger partial charge in [-0.05, 0) is 47.5 Å². The highest BCUT2D eigenvalue weighted by Crippen LogP contribution is 2.26. The molecule has 1 saturated heterocycles. The Bertz CT molecular complexity index is 1010. The SMILES string of the molecule is CCn1cc(S(=O)(=O)N2CCC[C@@H](C(=O)N[C@H](C)c3cnn(CC)c3C)C2)c(C)n1. The van der Waals surface area contributed by atoms with E-state index in [1.807, 2.05) is 32.4 Å². The summed E-state index contributed by atoms with van der Waals surface area (Å²) in [5, 5.41) is 11.6. The average molecular weight is 437 g/mol. The van der Waals surface area contributed by atoms with E-state index >= 15 is 0 Å². The topological polar surface area (TPSA) is 102 Å². The van der Waals surface area contributed by atoms with Crippen LogP contribution in [0.15, 0.2) is 17.3 Å². The zero-order valence-electron chi connectivity index (χ0n) is 18.4. The van der Waals surface area contributed by atoms with Gasteiger partial charge in [-0.2, -0.15) is 14.5 Å². The van der Waals surface area contributed by atoms with Crippen molar-refractivity contribution in [1.82, 2.24) is 29.2 Å². The Morgan fingerprint density at radius 3 is 2.63 bits per heavy atom. The highest BCUT2D eigenvalue weighted by Gasteiger charge is 2.35. The van der Waals surface area contributed by atoms with Crippen LogP contribution in [0.3, 0.4) is 0 Å². The number of aryl methyl sites for hydroxylation is 3. The first-order valence-electron chi connectivity index (χ1n) is 10.6. The van der Waals surface area contributed by atoms with Crippen LogP contribution >= 0.6 is 0 Å². The number of aromatic nitrogens is 4. The van der Waals surface area contributed by atoms with Crippen LogP contribution in [0.1, 0.15) is 56.6 Å². The maximum Gasteiger partial charge on any atom is 0.246 e. The number of hydrogen-bond donors (Lipinski definition) is 1. The molecule has 1 aliphatic rings. The largest absolute Gasteiger partial charge is 0.349 e. The van der Waals surface area contributed by atoms with Gasteiger partial charge in [0.15, 0.2) is 0 Å². The number of carbonyl (C=O) groups is 1. The molecule has 0 aliphatic carbocycles. The molecule has 3 rings (SSSR count). The molecule has 0 aromatic carbocycles. The summed E-state index contributed by atoms with van der Waals surface area (Å²) >= 11 is 0. The fraction of sp³-hybridized carbons (Fsp3) is 0.650. The van der Waals surface area contributed by atoms with Crippen LogP contribution in [-0.4, -0.2) is 51.3 Å². The molecular weight excluding hydrogens is 404 g/mol. The van der Waals surface area contributed by atoms with Gasteiger partial charge >= 0.3 is 0 Å². The van der Waals surface area contributed by atoms with E-state index in [2.05, 4.69) is 15.5 Å². The van der Waals surface area contributed by atoms with Crippen LogP contribution in [0.2, 0.25) is 0 Å². The third kappa shape index (κ3) is 4.29. The van der Waals surface area contributed by atoms with Crippen LogP contribution in [-0.2, 0) is 27.9 Å². The number of hydrogen-bond acceptors (Lipinski definition) is 5. The number of carbonyl (C=O) groups excluding carboxylic acids is 1. The van der Waals surface area contributed by atoms with Gasteiger partial charge in [0, 0.05) is 43.6 Å². The predicted molar refractivity (Wildman–Crippen MR) is 113 cm³/mol. The number of rotatable bonds is 7. The summed E-state index contributed by atoms with van der Waals surface area (Å²) in [5.41, 5.74) is 2.50. The Labute approximate surface area is 178 Å². The fourth-order valence-corrected chi connectivity index (χ4v) is 5.74. The molecule has 0 spiro atoms. The van der Waals surface area contributed by atoms with Crippen LogP contribution in [0, 0.1) is 19.8 Å². The highest BCUT2D eigenvalue weighted by molar-refractivity contribution is 7.89. The van der Waals surface area contributed by atoms with Gasteiger partial charge in [0.05, 0.1) is 23.9 Å². The molecule has 9 nitrogen and oxygen atoms in total. The number of nitrogens with one attached hydrogen (secondary N) is 1. The first-order valence-corrected chi connectivity index (χ1v) is 12.0. The van der Waals surface area contributed by atoms with Gasteiger partial charge in [-0.15, -0.1) is 0 Å². The summed E-state index contributed by atoms with van der Waals surface area (Å²) in [5.74, 6) is -0.494. The van der Waals surface area contributed by atoms with Crippen molar-refractivity contribution < 1.29 is 13.2 Å². The molecule has 1 amide bonds. The normalized spacial score (nSPS) is 19.0. The van der Waals surface area contributed by atoms with E-state index in [1.165, 1.54) is 4.31 Å². The molecule has 10 heteroatoms. The lowest BCUT2D eigenvalue weighted by molar-refractivity contribution is -0.126. The van der Waals surface area contributed by atoms with Crippen LogP contribution < -0.4 is 5.32 Å². The molecule has 3 heterocycles. The molecule has 0 unspecified atom stereocenters. The molecule has 1 N–H and O–H groups in total. The molecule has 2 aromatic heterocycles. The Balaban J connectivity index is 1.71. The summed E-state index contributed by atoms with van der Waals surface area (Å²) in [6, 6.07) is -0.185. The lowest BCUT2D eigenvalue weighted by Crippen LogP contribution is -2.45. The first-order chi connectivity index (χ1) is 14.2. The third-order valence-corrected chi connectivity index (χ3v) is 7.83. The minimum absolute atomic E-state index is 0.118. The van der Waals surface area contributed by atoms with Gasteiger partial charge in [-0.1, -0.05) is 0 Å². The second-order valence-corrected chi connectivity index (χ2v) is 9.77. The number of amides is 1. The molecular formula is C20H32N6O3S. The van der Waals surface area contributed by atoms with E-state index in [-0.39, 0.29) is 29.3 Å². The molecule has 2 atom stereocenters. The molecule has 30 heavy (non-hydrogen) atoms. The Morgan fingerprint density at radius 2 is 2.03 bits per heavy atom. The quantitative estimate of drug-likeness (QED) is 0.715. The molecule has 0 saturated carbocycles. The Morgan fingerprint density at radius 1 is 1.30 bits per heavy atom. The minimum Gasteiger partial charge on any atom is -0.349 e. The van der Waals surface area contributed by atoms with Crippen molar-refractivity contribution >= 4 is 15.9 Å². The van der Waals surface area contributed by atoms with Crippen molar-refractivity contribution in [1.29, 1.82) is 0 Å². The van der Waals surface area contributed by atoms with Gasteiger partial charge in [0.1, 0.15) is 4.90 Å². The van der Waals surface area contributed by atoms with Gasteiger partial charge in [-0.25, -0.2) is 8.42 Å². The Kier molecular flexibility index (Phi) is 6.66. The molecule has 0 bridgehead atoms. The van der Waals surface area contributed by atoms with E-state index in [1.54, 1.807) is 24.0 Å². The van der Waals surface area contributed by atoms with Crippen LogP contribution in [0.5, 0.6) is 0 Å². The Hall–Kier alpha value is -2.20. The maximum atomic E-state index is 13.2. The number of nitrogens with zero attached hydrogens (tertiary/aromatic N) is 5. The second kappa shape index (κ2) is 8.89. The molecule has 1 fully saturated rings. The van der Waals surface area contributed by atoms with E-state index in [0.29, 0.717) is 31.6 Å². The van der Waals surface area contributed by atoms with Gasteiger partial charge < -0.3 is 5.32 Å². The summed E-state index contributed by atoms with van der Waals surface area (Å²) in [6.45, 7) is 11.5. The second-order valence-electron chi connectivity index (χ2n) is 7.87. The molecule has 1 aliphatic heterocycles. The van der Waals surface area contributed by atoms with E-state index in [0.717, 1.165) is 17.8 Å². The van der Waals surface area contributed by atoms with E-state index in [9.17, 15) is 13.2 Å². The van der Waals surface area contributed by atoms with Gasteiger partial charge in [-0.3, -0.25) is 14.2 Å². The lowest BCUT2D eigenvalue weighted by atomic mass is 9.98. The standard InChI is InChI=1S/C20H32N6O3S/c1-6-24-13-19(15(4)23-24)30(28,29)25-10-8-9-17(12-25)20(27)22-14(3)18-11-21-26(7-2)16(18)5/h11,13-14,17H,6-10,12H2,1-5H3,(H,22,27)/t14-,17-/m1/s1. The van der Waals surface area contributed by atoms with E-state index < -0.39 is 10.0 Å². The van der Waals surface area contributed by atoms with Crippen molar-refractivity contribution in [2.24, 2.45) is 5.92 Å². The predicted octanol–water partition coefficient (Wildman–Crippen LogP) is 2.01. The lowest BCUT2D eigenvalue weighted by Gasteiger charge is -2.31. The molecule has 0 radical (unpaired) electrons. The van der Waals surface area contributed by atoms with Crippen molar-refractivity contribution in [2.45, 2.75) is 71.5 Å². The summed E-state index contributed by atoms with van der Waals surface area (Å²) in [7, 11) is -3.68. The van der Waals surface area contributed by atoms with Crippen LogP contribution in [0.4, 0.5) is 0 Å². The third-order valence-electron chi connectivity index (χ3n) is 5.86. The summed E-state index contributed by atoms with van der Waals surface area (Å²) in [6.07, 6.45) is 4.69.